The number of amides is 1. The standard InChI is InChI=1S/C4H4N2O3.2C4H12N/c7-2-1-3(8)6-4(9)5-2;2*1-5(2,3)4/h1H2,(H2,5,6,7,8,9);2*1-4H3/q;2*+1/p-2. The summed E-state index contributed by atoms with van der Waals surface area (Å²) in [5, 5.41) is 20.3. The third-order valence-electron chi connectivity index (χ3n) is 0.743. The number of hydrogen-bond acceptors (Lipinski definition) is 4. The van der Waals surface area contributed by atoms with E-state index in [0.29, 0.717) is 0 Å². The van der Waals surface area contributed by atoms with Crippen LogP contribution < -0.4 is 10.2 Å². The fourth-order valence-electron chi connectivity index (χ4n) is 0.447. The minimum atomic E-state index is -0.990. The Bertz CT molecular complexity index is 325. The van der Waals surface area contributed by atoms with Gasteiger partial charge in [0, 0.05) is 0 Å². The van der Waals surface area contributed by atoms with Crippen molar-refractivity contribution in [3.05, 3.63) is 0 Å². The molecule has 0 fully saturated rings. The largest absolute Gasteiger partial charge is 0.861 e. The van der Waals surface area contributed by atoms with Crippen molar-refractivity contribution in [2.75, 3.05) is 56.4 Å². The van der Waals surface area contributed by atoms with Gasteiger partial charge in [0.1, 0.15) is 0 Å². The molecule has 0 saturated heterocycles. The molecule has 1 rings (SSSR count). The molecule has 0 bridgehead atoms. The molecule has 0 N–H and O–H groups in total. The van der Waals surface area contributed by atoms with E-state index in [-0.39, 0.29) is 6.42 Å². The number of rotatable bonds is 0. The lowest BCUT2D eigenvalue weighted by Crippen LogP contribution is -2.31. The highest BCUT2D eigenvalue weighted by atomic mass is 16.3. The summed E-state index contributed by atoms with van der Waals surface area (Å²) < 4.78 is 2.00. The number of quaternary nitrogens is 2. The molecule has 0 saturated carbocycles. The second-order valence-corrected chi connectivity index (χ2v) is 6.84. The Morgan fingerprint density at radius 1 is 0.842 bits per heavy atom. The zero-order valence-corrected chi connectivity index (χ0v) is 13.2. The van der Waals surface area contributed by atoms with Crippen molar-refractivity contribution in [1.82, 2.24) is 0 Å². The van der Waals surface area contributed by atoms with Gasteiger partial charge >= 0.3 is 0 Å². The third-order valence-corrected chi connectivity index (χ3v) is 0.743. The molecule has 1 amide bonds. The summed E-state index contributed by atoms with van der Waals surface area (Å²) in [6.07, 6.45) is -0.369. The van der Waals surface area contributed by atoms with Gasteiger partial charge in [-0.2, -0.15) is 0 Å². The van der Waals surface area contributed by atoms with E-state index in [1.807, 2.05) is 0 Å². The quantitative estimate of drug-likeness (QED) is 0.480. The van der Waals surface area contributed by atoms with Gasteiger partial charge in [0.2, 0.25) is 0 Å². The number of hydrogen-bond donors (Lipinski definition) is 0. The Hall–Kier alpha value is -1.47. The van der Waals surface area contributed by atoms with Crippen LogP contribution in [0.4, 0.5) is 0 Å². The van der Waals surface area contributed by atoms with Gasteiger partial charge in [-0.25, -0.2) is 4.99 Å². The van der Waals surface area contributed by atoms with Crippen LogP contribution in [0.1, 0.15) is 6.42 Å². The van der Waals surface area contributed by atoms with Gasteiger partial charge in [0.25, 0.3) is 5.91 Å². The highest BCUT2D eigenvalue weighted by molar-refractivity contribution is 6.06. The zero-order chi connectivity index (χ0) is 15.9. The molecule has 7 heteroatoms. The Kier molecular flexibility index (Phi) is 8.21. The molecule has 0 aromatic rings. The monoisotopic (exact) mass is 274 g/mol. The van der Waals surface area contributed by atoms with E-state index in [0.717, 1.165) is 8.97 Å². The summed E-state index contributed by atoms with van der Waals surface area (Å²) in [6, 6.07) is -0.990. The summed E-state index contributed by atoms with van der Waals surface area (Å²) in [6.45, 7) is 0. The Balaban J connectivity index is 0. The van der Waals surface area contributed by atoms with Gasteiger partial charge in [-0.15, -0.1) is 0 Å². The van der Waals surface area contributed by atoms with E-state index in [1.165, 1.54) is 0 Å². The molecule has 0 aromatic carbocycles. The second kappa shape index (κ2) is 7.85. The first kappa shape index (κ1) is 19.9. The molecule has 0 unspecified atom stereocenters. The lowest BCUT2D eigenvalue weighted by atomic mass is 10.4. The number of carbonyl (C=O) groups is 1. The van der Waals surface area contributed by atoms with Crippen LogP contribution in [-0.4, -0.2) is 83.2 Å². The van der Waals surface area contributed by atoms with Gasteiger partial charge < -0.3 is 19.2 Å². The van der Waals surface area contributed by atoms with Crippen LogP contribution in [0.3, 0.4) is 0 Å². The predicted octanol–water partition coefficient (Wildman–Crippen LogP) is -1.96. The molecule has 0 aliphatic carbocycles. The maximum absolute atomic E-state index is 10.2. The molecule has 19 heavy (non-hydrogen) atoms. The average molecular weight is 274 g/mol. The SMILES string of the molecule is C[N+](C)(C)C.C[N+](C)(C)C.O=C1CC([O-])=NC([O-])=N1. The molecule has 0 spiro atoms. The number of nitrogens with zero attached hydrogens (tertiary/aromatic N) is 4. The summed E-state index contributed by atoms with van der Waals surface area (Å²) in [5.74, 6) is -1.42. The molecular weight excluding hydrogens is 248 g/mol. The normalized spacial score (nSPS) is 15.3. The first-order valence-electron chi connectivity index (χ1n) is 5.79. The summed E-state index contributed by atoms with van der Waals surface area (Å²) >= 11 is 0. The first-order chi connectivity index (χ1) is 8.18. The van der Waals surface area contributed by atoms with Crippen LogP contribution in [-0.2, 0) is 4.79 Å². The average Bonchev–Trinajstić information content (AvgIpc) is 1.91. The number of carbonyl (C=O) groups excluding carboxylic acids is 1. The fourth-order valence-corrected chi connectivity index (χ4v) is 0.447. The Labute approximate surface area is 115 Å². The highest BCUT2D eigenvalue weighted by Crippen LogP contribution is 1.92. The topological polar surface area (TPSA) is 87.9 Å². The van der Waals surface area contributed by atoms with Crippen LogP contribution in [0, 0.1) is 0 Å². The van der Waals surface area contributed by atoms with E-state index in [4.69, 9.17) is 0 Å². The van der Waals surface area contributed by atoms with E-state index in [9.17, 15) is 15.0 Å². The van der Waals surface area contributed by atoms with Crippen molar-refractivity contribution in [3.63, 3.8) is 0 Å². The third kappa shape index (κ3) is 31.5. The molecule has 1 heterocycles. The highest BCUT2D eigenvalue weighted by Gasteiger charge is 2.01. The molecule has 0 atom stereocenters. The predicted molar refractivity (Wildman–Crippen MR) is 72.4 cm³/mol. The van der Waals surface area contributed by atoms with E-state index in [1.54, 1.807) is 0 Å². The fraction of sp³-hybridized carbons (Fsp3) is 0.750. The lowest BCUT2D eigenvalue weighted by Gasteiger charge is -2.15. The van der Waals surface area contributed by atoms with Crippen LogP contribution >= 0.6 is 0 Å². The molecule has 1 aliphatic heterocycles. The van der Waals surface area contributed by atoms with E-state index >= 15 is 0 Å². The van der Waals surface area contributed by atoms with Crippen molar-refractivity contribution >= 4 is 17.8 Å². The summed E-state index contributed by atoms with van der Waals surface area (Å²) in [4.78, 5) is 16.0. The van der Waals surface area contributed by atoms with Gasteiger partial charge in [0.15, 0.2) is 0 Å². The molecule has 112 valence electrons. The minimum absolute atomic E-state index is 0.369. The minimum Gasteiger partial charge on any atom is -0.861 e. The van der Waals surface area contributed by atoms with Crippen molar-refractivity contribution in [2.24, 2.45) is 9.98 Å². The smallest absolute Gasteiger partial charge is 0.251 e. The first-order valence-corrected chi connectivity index (χ1v) is 5.79. The van der Waals surface area contributed by atoms with Crippen molar-refractivity contribution in [2.45, 2.75) is 6.42 Å². The van der Waals surface area contributed by atoms with Crippen LogP contribution in [0.25, 0.3) is 0 Å². The van der Waals surface area contributed by atoms with Gasteiger partial charge in [-0.3, -0.25) is 9.79 Å². The van der Waals surface area contributed by atoms with Gasteiger partial charge in [-0.1, -0.05) is 0 Å². The maximum atomic E-state index is 10.2. The van der Waals surface area contributed by atoms with E-state index in [2.05, 4.69) is 66.4 Å². The molecule has 0 aromatic heterocycles. The number of amidine groups is 1. The van der Waals surface area contributed by atoms with Gasteiger partial charge in [-0.05, 0) is 5.90 Å². The van der Waals surface area contributed by atoms with Crippen LogP contribution in [0.5, 0.6) is 0 Å². The van der Waals surface area contributed by atoms with Gasteiger partial charge in [0.05, 0.1) is 68.8 Å². The summed E-state index contributed by atoms with van der Waals surface area (Å²) in [7, 11) is 17.0. The zero-order valence-electron chi connectivity index (χ0n) is 13.2. The second-order valence-electron chi connectivity index (χ2n) is 6.84. The number of aliphatic imine (C=N–C) groups is 2. The lowest BCUT2D eigenvalue weighted by molar-refractivity contribution is -0.849. The van der Waals surface area contributed by atoms with Crippen molar-refractivity contribution < 1.29 is 24.0 Å². The van der Waals surface area contributed by atoms with Crippen LogP contribution in [0.15, 0.2) is 9.98 Å². The Morgan fingerprint density at radius 2 is 1.16 bits per heavy atom. The summed E-state index contributed by atoms with van der Waals surface area (Å²) in [5.41, 5.74) is 0. The van der Waals surface area contributed by atoms with Crippen LogP contribution in [0.2, 0.25) is 0 Å². The molecule has 7 nitrogen and oxygen atoms in total. The van der Waals surface area contributed by atoms with E-state index < -0.39 is 17.8 Å². The molecular formula is C12H26N4O3. The Morgan fingerprint density at radius 3 is 1.37 bits per heavy atom. The molecule has 1 aliphatic rings. The van der Waals surface area contributed by atoms with Crippen molar-refractivity contribution in [3.8, 4) is 0 Å². The van der Waals surface area contributed by atoms with Crippen molar-refractivity contribution in [1.29, 1.82) is 0 Å². The molecule has 0 radical (unpaired) electrons. The maximum Gasteiger partial charge on any atom is 0.251 e.